The summed E-state index contributed by atoms with van der Waals surface area (Å²) in [6.07, 6.45) is 0. The van der Waals surface area contributed by atoms with Crippen LogP contribution in [0.4, 0.5) is 0 Å². The largest absolute Gasteiger partial charge is 0.324 e. The molecular weight excluding hydrogens is 240 g/mol. The Kier molecular flexibility index (Phi) is 3.39. The van der Waals surface area contributed by atoms with Crippen LogP contribution in [-0.2, 0) is 5.41 Å². The molecule has 0 spiro atoms. The SMILES string of the molecule is [CH2-]C(c1ccccc1)(c1ccccc1)c1ccccc1. The monoisotopic (exact) mass is 257 g/mol. The van der Waals surface area contributed by atoms with Crippen molar-refractivity contribution in [1.29, 1.82) is 0 Å². The van der Waals surface area contributed by atoms with Crippen molar-refractivity contribution < 1.29 is 0 Å². The van der Waals surface area contributed by atoms with Crippen LogP contribution < -0.4 is 0 Å². The third-order valence-electron chi connectivity index (χ3n) is 3.80. The van der Waals surface area contributed by atoms with E-state index in [-0.39, 0.29) is 5.41 Å². The Morgan fingerprint density at radius 3 is 0.950 bits per heavy atom. The molecule has 0 aliphatic carbocycles. The fourth-order valence-electron chi connectivity index (χ4n) is 2.67. The summed E-state index contributed by atoms with van der Waals surface area (Å²) in [5.41, 5.74) is 3.25. The Bertz CT molecular complexity index is 558. The molecule has 0 nitrogen and oxygen atoms in total. The lowest BCUT2D eigenvalue weighted by atomic mass is 9.71. The summed E-state index contributed by atoms with van der Waals surface area (Å²) in [4.78, 5) is 0. The van der Waals surface area contributed by atoms with Gasteiger partial charge in [0.25, 0.3) is 0 Å². The summed E-state index contributed by atoms with van der Waals surface area (Å²) in [6.45, 7) is 4.58. The zero-order chi connectivity index (χ0) is 13.8. The maximum absolute atomic E-state index is 4.58. The Morgan fingerprint density at radius 1 is 0.450 bits per heavy atom. The van der Waals surface area contributed by atoms with Gasteiger partial charge in [-0.1, -0.05) is 113 Å². The van der Waals surface area contributed by atoms with Crippen molar-refractivity contribution in [2.24, 2.45) is 0 Å². The molecule has 0 saturated heterocycles. The van der Waals surface area contributed by atoms with E-state index >= 15 is 0 Å². The van der Waals surface area contributed by atoms with Crippen molar-refractivity contribution in [3.63, 3.8) is 0 Å². The summed E-state index contributed by atoms with van der Waals surface area (Å²) in [7, 11) is 0. The highest BCUT2D eigenvalue weighted by molar-refractivity contribution is 5.51. The first-order chi connectivity index (χ1) is 9.82. The molecular formula is C20H17-. The lowest BCUT2D eigenvalue weighted by Gasteiger charge is -2.39. The molecule has 0 aliphatic heterocycles. The molecule has 0 N–H and O–H groups in total. The van der Waals surface area contributed by atoms with Gasteiger partial charge in [-0.2, -0.15) is 0 Å². The first-order valence-corrected chi connectivity index (χ1v) is 6.84. The second-order valence-electron chi connectivity index (χ2n) is 5.00. The molecule has 3 aromatic rings. The minimum absolute atomic E-state index is 0.371. The molecule has 3 aromatic carbocycles. The van der Waals surface area contributed by atoms with E-state index in [1.54, 1.807) is 0 Å². The van der Waals surface area contributed by atoms with Gasteiger partial charge in [-0.3, -0.25) is 0 Å². The van der Waals surface area contributed by atoms with E-state index in [1.165, 1.54) is 16.7 Å². The van der Waals surface area contributed by atoms with E-state index < -0.39 is 0 Å². The van der Waals surface area contributed by atoms with Gasteiger partial charge in [0.2, 0.25) is 0 Å². The average molecular weight is 257 g/mol. The summed E-state index contributed by atoms with van der Waals surface area (Å²) >= 11 is 0. The second kappa shape index (κ2) is 5.34. The van der Waals surface area contributed by atoms with Gasteiger partial charge in [0.1, 0.15) is 0 Å². The number of hydrogen-bond acceptors (Lipinski definition) is 0. The third-order valence-corrected chi connectivity index (χ3v) is 3.80. The van der Waals surface area contributed by atoms with Crippen LogP contribution in [0.5, 0.6) is 0 Å². The Balaban J connectivity index is 2.24. The standard InChI is InChI=1S/C20H17/c1-20(17-11-5-2-6-12-17,18-13-7-3-8-14-18)19-15-9-4-10-16-19/h2-16H,1H2/q-1. The minimum Gasteiger partial charge on any atom is -0.324 e. The van der Waals surface area contributed by atoms with Gasteiger partial charge in [-0.25, -0.2) is 0 Å². The highest BCUT2D eigenvalue weighted by Gasteiger charge is 2.23. The van der Waals surface area contributed by atoms with E-state index in [9.17, 15) is 0 Å². The predicted molar refractivity (Wildman–Crippen MR) is 84.6 cm³/mol. The zero-order valence-corrected chi connectivity index (χ0v) is 11.4. The molecule has 0 aliphatic rings. The molecule has 0 heterocycles. The first-order valence-electron chi connectivity index (χ1n) is 6.84. The molecule has 0 unspecified atom stereocenters. The summed E-state index contributed by atoms with van der Waals surface area (Å²) in [5.74, 6) is 0. The normalized spacial score (nSPS) is 11.2. The van der Waals surface area contributed by atoms with Gasteiger partial charge < -0.3 is 6.92 Å². The number of benzene rings is 3. The third kappa shape index (κ3) is 2.14. The van der Waals surface area contributed by atoms with Crippen LogP contribution in [-0.4, -0.2) is 0 Å². The smallest absolute Gasteiger partial charge is 0.0605 e. The van der Waals surface area contributed by atoms with E-state index in [1.807, 2.05) is 18.2 Å². The molecule has 0 fully saturated rings. The Morgan fingerprint density at radius 2 is 0.700 bits per heavy atom. The first kappa shape index (κ1) is 12.7. The van der Waals surface area contributed by atoms with Crippen molar-refractivity contribution >= 4 is 0 Å². The van der Waals surface area contributed by atoms with Gasteiger partial charge >= 0.3 is 0 Å². The van der Waals surface area contributed by atoms with Crippen LogP contribution in [0.3, 0.4) is 0 Å². The maximum atomic E-state index is 4.58. The fraction of sp³-hybridized carbons (Fsp3) is 0.0500. The topological polar surface area (TPSA) is 0 Å². The summed E-state index contributed by atoms with van der Waals surface area (Å²) < 4.78 is 0. The Labute approximate surface area is 120 Å². The highest BCUT2D eigenvalue weighted by atomic mass is 14.3. The van der Waals surface area contributed by atoms with Gasteiger partial charge in [0.05, 0.1) is 0 Å². The van der Waals surface area contributed by atoms with Crippen molar-refractivity contribution in [3.05, 3.63) is 115 Å². The van der Waals surface area contributed by atoms with E-state index in [2.05, 4.69) is 79.7 Å². The molecule has 0 bridgehead atoms. The van der Waals surface area contributed by atoms with Crippen molar-refractivity contribution in [3.8, 4) is 0 Å². The summed E-state index contributed by atoms with van der Waals surface area (Å²) in [5, 5.41) is 0. The average Bonchev–Trinajstić information content (AvgIpc) is 2.56. The van der Waals surface area contributed by atoms with Gasteiger partial charge in [0.15, 0.2) is 0 Å². The van der Waals surface area contributed by atoms with E-state index in [0.29, 0.717) is 0 Å². The van der Waals surface area contributed by atoms with E-state index in [0.717, 1.165) is 0 Å². The molecule has 0 amide bonds. The van der Waals surface area contributed by atoms with Gasteiger partial charge in [0, 0.05) is 0 Å². The molecule has 0 atom stereocenters. The molecule has 0 saturated carbocycles. The predicted octanol–water partition coefficient (Wildman–Crippen LogP) is 4.86. The molecule has 0 radical (unpaired) electrons. The quantitative estimate of drug-likeness (QED) is 0.464. The highest BCUT2D eigenvalue weighted by Crippen LogP contribution is 2.37. The van der Waals surface area contributed by atoms with Crippen LogP contribution in [0.2, 0.25) is 0 Å². The maximum Gasteiger partial charge on any atom is -0.0605 e. The molecule has 0 aromatic heterocycles. The summed E-state index contributed by atoms with van der Waals surface area (Å²) in [6, 6.07) is 31.4. The number of hydrogen-bond donors (Lipinski definition) is 0. The van der Waals surface area contributed by atoms with Crippen molar-refractivity contribution in [2.75, 3.05) is 0 Å². The minimum atomic E-state index is -0.371. The molecule has 98 valence electrons. The van der Waals surface area contributed by atoms with Gasteiger partial charge in [-0.15, -0.1) is 0 Å². The zero-order valence-electron chi connectivity index (χ0n) is 11.4. The second-order valence-corrected chi connectivity index (χ2v) is 5.00. The van der Waals surface area contributed by atoms with Crippen molar-refractivity contribution in [1.82, 2.24) is 0 Å². The van der Waals surface area contributed by atoms with Crippen LogP contribution in [0, 0.1) is 6.92 Å². The van der Waals surface area contributed by atoms with Gasteiger partial charge in [-0.05, 0) is 0 Å². The number of rotatable bonds is 3. The van der Waals surface area contributed by atoms with Crippen LogP contribution in [0.25, 0.3) is 0 Å². The van der Waals surface area contributed by atoms with Crippen LogP contribution >= 0.6 is 0 Å². The molecule has 0 heteroatoms. The van der Waals surface area contributed by atoms with Crippen LogP contribution in [0.15, 0.2) is 91.0 Å². The van der Waals surface area contributed by atoms with E-state index in [4.69, 9.17) is 0 Å². The van der Waals surface area contributed by atoms with Crippen LogP contribution in [0.1, 0.15) is 16.7 Å². The lowest BCUT2D eigenvalue weighted by molar-refractivity contribution is 0.774. The lowest BCUT2D eigenvalue weighted by Crippen LogP contribution is -2.25. The Hall–Kier alpha value is -2.34. The fourth-order valence-corrected chi connectivity index (χ4v) is 2.67. The molecule has 3 rings (SSSR count). The molecule has 20 heavy (non-hydrogen) atoms. The van der Waals surface area contributed by atoms with Crippen molar-refractivity contribution in [2.45, 2.75) is 5.41 Å².